The zero-order valence-electron chi connectivity index (χ0n) is 12.6. The second-order valence-electron chi connectivity index (χ2n) is 5.50. The van der Waals surface area contributed by atoms with Crippen molar-refractivity contribution in [1.82, 2.24) is 9.97 Å². The molecule has 1 aliphatic rings. The predicted octanol–water partition coefficient (Wildman–Crippen LogP) is 1.98. The highest BCUT2D eigenvalue weighted by molar-refractivity contribution is 7.91. The van der Waals surface area contributed by atoms with Gasteiger partial charge in [-0.25, -0.2) is 18.4 Å². The molecular weight excluding hydrogens is 352 g/mol. The van der Waals surface area contributed by atoms with Gasteiger partial charge in [-0.05, 0) is 24.6 Å². The molecule has 24 heavy (non-hydrogen) atoms. The Bertz CT molecular complexity index is 873. The van der Waals surface area contributed by atoms with Crippen LogP contribution >= 0.6 is 11.6 Å². The van der Waals surface area contributed by atoms with Gasteiger partial charge in [0.15, 0.2) is 9.84 Å². The van der Waals surface area contributed by atoms with Crippen LogP contribution < -0.4 is 10.6 Å². The summed E-state index contributed by atoms with van der Waals surface area (Å²) in [6.07, 6.45) is 1.79. The molecule has 1 aromatic heterocycles. The van der Waals surface area contributed by atoms with Gasteiger partial charge in [0.2, 0.25) is 0 Å². The largest absolute Gasteiger partial charge is 0.366 e. The fourth-order valence-electron chi connectivity index (χ4n) is 2.44. The molecule has 1 atom stereocenters. The predicted molar refractivity (Wildman–Crippen MR) is 92.1 cm³/mol. The molecule has 0 bridgehead atoms. The van der Waals surface area contributed by atoms with Gasteiger partial charge in [-0.1, -0.05) is 17.7 Å². The molecular formula is C15H15ClN4O3S. The number of rotatable bonds is 4. The number of benzene rings is 1. The number of nitrogens with one attached hydrogen (secondary N) is 2. The SMILES string of the molecule is O=C(Nc1cccc(Cl)c1)c1cc(NC2CCS(=O)(=O)C2)ncn1. The maximum Gasteiger partial charge on any atom is 0.274 e. The van der Waals surface area contributed by atoms with Crippen molar-refractivity contribution in [2.75, 3.05) is 22.1 Å². The fourth-order valence-corrected chi connectivity index (χ4v) is 4.30. The second kappa shape index (κ2) is 6.74. The van der Waals surface area contributed by atoms with Crippen molar-refractivity contribution in [2.45, 2.75) is 12.5 Å². The van der Waals surface area contributed by atoms with Crippen LogP contribution in [0.5, 0.6) is 0 Å². The van der Waals surface area contributed by atoms with Gasteiger partial charge >= 0.3 is 0 Å². The lowest BCUT2D eigenvalue weighted by Gasteiger charge is -2.12. The third-order valence-electron chi connectivity index (χ3n) is 3.57. The molecule has 3 rings (SSSR count). The molecule has 0 spiro atoms. The first kappa shape index (κ1) is 16.7. The number of anilines is 2. The average molecular weight is 367 g/mol. The number of nitrogens with zero attached hydrogens (tertiary/aromatic N) is 2. The molecule has 1 unspecified atom stereocenters. The molecule has 126 valence electrons. The van der Waals surface area contributed by atoms with Crippen molar-refractivity contribution in [3.63, 3.8) is 0 Å². The average Bonchev–Trinajstić information content (AvgIpc) is 2.86. The first-order valence-corrected chi connectivity index (χ1v) is 9.47. The maximum atomic E-state index is 12.2. The van der Waals surface area contributed by atoms with Gasteiger partial charge in [0.25, 0.3) is 5.91 Å². The van der Waals surface area contributed by atoms with Gasteiger partial charge < -0.3 is 10.6 Å². The van der Waals surface area contributed by atoms with Crippen molar-refractivity contribution in [2.24, 2.45) is 0 Å². The molecule has 0 aliphatic carbocycles. The highest BCUT2D eigenvalue weighted by atomic mass is 35.5. The van der Waals surface area contributed by atoms with E-state index in [0.29, 0.717) is 22.9 Å². The summed E-state index contributed by atoms with van der Waals surface area (Å²) < 4.78 is 23.0. The third-order valence-corrected chi connectivity index (χ3v) is 5.57. The molecule has 1 saturated heterocycles. The van der Waals surface area contributed by atoms with E-state index in [2.05, 4.69) is 20.6 Å². The smallest absolute Gasteiger partial charge is 0.274 e. The molecule has 1 aliphatic heterocycles. The first-order chi connectivity index (χ1) is 11.4. The Balaban J connectivity index is 1.69. The molecule has 7 nitrogen and oxygen atoms in total. The lowest BCUT2D eigenvalue weighted by atomic mass is 10.2. The number of hydrogen-bond acceptors (Lipinski definition) is 6. The Kier molecular flexibility index (Phi) is 4.68. The first-order valence-electron chi connectivity index (χ1n) is 7.27. The van der Waals surface area contributed by atoms with E-state index in [4.69, 9.17) is 11.6 Å². The van der Waals surface area contributed by atoms with Gasteiger partial charge in [-0.15, -0.1) is 0 Å². The molecule has 2 heterocycles. The molecule has 2 N–H and O–H groups in total. The minimum atomic E-state index is -2.98. The monoisotopic (exact) mass is 366 g/mol. The third kappa shape index (κ3) is 4.21. The van der Waals surface area contributed by atoms with Gasteiger partial charge in [0.05, 0.1) is 11.5 Å². The lowest BCUT2D eigenvalue weighted by Crippen LogP contribution is -2.22. The summed E-state index contributed by atoms with van der Waals surface area (Å²) in [5, 5.41) is 6.24. The summed E-state index contributed by atoms with van der Waals surface area (Å²) in [6, 6.07) is 8.07. The summed E-state index contributed by atoms with van der Waals surface area (Å²) >= 11 is 5.88. The van der Waals surface area contributed by atoms with Crippen LogP contribution in [-0.2, 0) is 9.84 Å². The lowest BCUT2D eigenvalue weighted by molar-refractivity contribution is 0.102. The standard InChI is InChI=1S/C15H15ClN4O3S/c16-10-2-1-3-11(6-10)20-15(21)13-7-14(18-9-17-13)19-12-4-5-24(22,23)8-12/h1-3,6-7,9,12H,4-5,8H2,(H,20,21)(H,17,18,19). The highest BCUT2D eigenvalue weighted by Gasteiger charge is 2.28. The Hall–Kier alpha value is -2.19. The zero-order valence-corrected chi connectivity index (χ0v) is 14.1. The molecule has 9 heteroatoms. The fraction of sp³-hybridized carbons (Fsp3) is 0.267. The maximum absolute atomic E-state index is 12.2. The Morgan fingerprint density at radius 1 is 1.25 bits per heavy atom. The van der Waals surface area contributed by atoms with Crippen LogP contribution in [-0.4, -0.2) is 41.8 Å². The highest BCUT2D eigenvalue weighted by Crippen LogP contribution is 2.18. The number of carbonyl (C=O) groups is 1. The number of aromatic nitrogens is 2. The topological polar surface area (TPSA) is 101 Å². The van der Waals surface area contributed by atoms with Crippen molar-refractivity contribution < 1.29 is 13.2 Å². The van der Waals surface area contributed by atoms with E-state index < -0.39 is 15.7 Å². The second-order valence-corrected chi connectivity index (χ2v) is 8.16. The van der Waals surface area contributed by atoms with E-state index in [1.54, 1.807) is 24.3 Å². The Labute approximate surface area is 144 Å². The van der Waals surface area contributed by atoms with Gasteiger partial charge in [0, 0.05) is 22.8 Å². The van der Waals surface area contributed by atoms with Gasteiger partial charge in [0.1, 0.15) is 17.8 Å². The van der Waals surface area contributed by atoms with Crippen LogP contribution in [0, 0.1) is 0 Å². The molecule has 1 fully saturated rings. The summed E-state index contributed by atoms with van der Waals surface area (Å²) in [4.78, 5) is 20.2. The van der Waals surface area contributed by atoms with Crippen LogP contribution in [0.2, 0.25) is 5.02 Å². The summed E-state index contributed by atoms with van der Waals surface area (Å²) in [7, 11) is -2.98. The van der Waals surface area contributed by atoms with Crippen LogP contribution in [0.25, 0.3) is 0 Å². The van der Waals surface area contributed by atoms with E-state index in [1.165, 1.54) is 12.4 Å². The van der Waals surface area contributed by atoms with Gasteiger partial charge in [-0.3, -0.25) is 4.79 Å². The molecule has 2 aromatic rings. The van der Waals surface area contributed by atoms with Crippen molar-refractivity contribution in [3.8, 4) is 0 Å². The summed E-state index contributed by atoms with van der Waals surface area (Å²) in [5.41, 5.74) is 0.732. The number of carbonyl (C=O) groups excluding carboxylic acids is 1. The van der Waals surface area contributed by atoms with Crippen LogP contribution in [0.15, 0.2) is 36.7 Å². The van der Waals surface area contributed by atoms with E-state index in [0.717, 1.165) is 0 Å². The van der Waals surface area contributed by atoms with Crippen LogP contribution in [0.3, 0.4) is 0 Å². The zero-order chi connectivity index (χ0) is 17.2. The van der Waals surface area contributed by atoms with Crippen molar-refractivity contribution in [1.29, 1.82) is 0 Å². The van der Waals surface area contributed by atoms with E-state index >= 15 is 0 Å². The normalized spacial score (nSPS) is 19.0. The molecule has 0 saturated carbocycles. The van der Waals surface area contributed by atoms with Crippen molar-refractivity contribution in [3.05, 3.63) is 47.4 Å². The molecule has 0 radical (unpaired) electrons. The molecule has 1 amide bonds. The van der Waals surface area contributed by atoms with Crippen LogP contribution in [0.1, 0.15) is 16.9 Å². The number of halogens is 1. The molecule has 1 aromatic carbocycles. The number of sulfone groups is 1. The van der Waals surface area contributed by atoms with E-state index in [-0.39, 0.29) is 23.2 Å². The number of amides is 1. The van der Waals surface area contributed by atoms with E-state index in [1.807, 2.05) is 0 Å². The minimum absolute atomic E-state index is 0.0705. The Morgan fingerprint density at radius 3 is 2.79 bits per heavy atom. The van der Waals surface area contributed by atoms with Crippen molar-refractivity contribution >= 4 is 38.9 Å². The number of hydrogen-bond donors (Lipinski definition) is 2. The summed E-state index contributed by atoms with van der Waals surface area (Å²) in [6.45, 7) is 0. The minimum Gasteiger partial charge on any atom is -0.366 e. The Morgan fingerprint density at radius 2 is 2.08 bits per heavy atom. The summed E-state index contributed by atoms with van der Waals surface area (Å²) in [5.74, 6) is 0.254. The van der Waals surface area contributed by atoms with E-state index in [9.17, 15) is 13.2 Å². The van der Waals surface area contributed by atoms with Crippen LogP contribution in [0.4, 0.5) is 11.5 Å². The quantitative estimate of drug-likeness (QED) is 0.858. The van der Waals surface area contributed by atoms with Gasteiger partial charge in [-0.2, -0.15) is 0 Å².